The van der Waals surface area contributed by atoms with Gasteiger partial charge in [0.05, 0.1) is 43.9 Å². The van der Waals surface area contributed by atoms with E-state index in [2.05, 4.69) is 17.0 Å². The van der Waals surface area contributed by atoms with E-state index in [-0.39, 0.29) is 53.5 Å². The van der Waals surface area contributed by atoms with E-state index in [1.54, 1.807) is 36.7 Å². The Labute approximate surface area is 353 Å². The molecule has 10 nitrogen and oxygen atoms in total. The monoisotopic (exact) mass is 842 g/mol. The quantitative estimate of drug-likeness (QED) is 0.115. The van der Waals surface area contributed by atoms with Crippen LogP contribution in [0.5, 0.6) is 17.2 Å². The molecule has 314 valence electrons. The molecular formula is C47H55ClN2O8S. The van der Waals surface area contributed by atoms with Crippen molar-refractivity contribution >= 4 is 33.3 Å². The Bertz CT molecular complexity index is 2190. The minimum atomic E-state index is -3.61. The van der Waals surface area contributed by atoms with Crippen molar-refractivity contribution in [2.45, 2.75) is 76.0 Å². The number of hydrogen-bond donors (Lipinski definition) is 2. The molecule has 4 aromatic rings. The third-order valence-electron chi connectivity index (χ3n) is 13.5. The first-order chi connectivity index (χ1) is 28.4. The van der Waals surface area contributed by atoms with Gasteiger partial charge in [0.2, 0.25) is 10.0 Å². The molecule has 3 aliphatic carbocycles. The lowest BCUT2D eigenvalue weighted by Crippen LogP contribution is -2.50. The molecule has 12 heteroatoms. The molecule has 0 saturated heterocycles. The Morgan fingerprint density at radius 2 is 1.63 bits per heavy atom. The lowest BCUT2D eigenvalue weighted by Gasteiger charge is -2.46. The number of benzene rings is 4. The molecular weight excluding hydrogens is 788 g/mol. The summed E-state index contributed by atoms with van der Waals surface area (Å²) in [6.45, 7) is 2.37. The molecule has 0 bridgehead atoms. The summed E-state index contributed by atoms with van der Waals surface area (Å²) in [7, 11) is -0.394. The van der Waals surface area contributed by atoms with E-state index < -0.39 is 22.1 Å². The minimum Gasteiger partial charge on any atom is -0.497 e. The first-order valence-corrected chi connectivity index (χ1v) is 22.9. The van der Waals surface area contributed by atoms with Crippen LogP contribution in [0.1, 0.15) is 77.6 Å². The van der Waals surface area contributed by atoms with Gasteiger partial charge < -0.3 is 29.3 Å². The Morgan fingerprint density at radius 1 is 0.932 bits per heavy atom. The number of aliphatic hydroxyl groups is 1. The molecule has 6 atom stereocenters. The van der Waals surface area contributed by atoms with Gasteiger partial charge in [-0.3, -0.25) is 0 Å². The standard InChI is InChI=1S/C47H55ClN2O8S/c1-56-38-14-7-31(8-15-38)26-50(27-32-9-16-39(57-2)17-10-32)59(54,55)22-4-6-33-24-41(33)45(51)40-18-11-36(40)28-49-29-47(21-3-5-34-23-37(48)13-19-42(34)47)30-58-44-20-12-35(46(52)53)25-43(44)49/h7-10,12-17,19-20,23,25,33,36,40-41,45,51H,3-6,11,18,21-22,24,26-30H2,1-2H3,(H,52,53)/t33-,36+,40-,41-,45-,47+/m1/s1. The number of aryl methyl sites for hydroxylation is 1. The molecule has 1 heterocycles. The number of hydrogen-bond acceptors (Lipinski definition) is 8. The molecule has 2 saturated carbocycles. The molecule has 0 radical (unpaired) electrons. The van der Waals surface area contributed by atoms with Crippen LogP contribution in [-0.2, 0) is 34.9 Å². The van der Waals surface area contributed by atoms with E-state index >= 15 is 0 Å². The lowest BCUT2D eigenvalue weighted by molar-refractivity contribution is -0.00181. The molecule has 4 aliphatic rings. The minimum absolute atomic E-state index is 0.0382. The SMILES string of the molecule is COc1ccc(CN(Cc2ccc(OC)cc2)S(=O)(=O)CCC[C@@H]2C[C@H]2[C@H](O)[C@@H]2CC[C@H]2CN2C[C@@]3(CCCc4cc(Cl)ccc43)COc3ccc(C(=O)O)cc32)cc1. The number of nitrogens with zero attached hydrogens (tertiary/aromatic N) is 2. The number of sulfonamides is 1. The van der Waals surface area contributed by atoms with Gasteiger partial charge in [0.25, 0.3) is 0 Å². The molecule has 4 aromatic carbocycles. The number of aromatic carboxylic acids is 1. The maximum atomic E-state index is 13.9. The molecule has 59 heavy (non-hydrogen) atoms. The van der Waals surface area contributed by atoms with E-state index in [0.29, 0.717) is 43.4 Å². The Kier molecular flexibility index (Phi) is 12.2. The number of carbonyl (C=O) groups is 1. The number of anilines is 1. The second kappa shape index (κ2) is 17.4. The van der Waals surface area contributed by atoms with E-state index in [9.17, 15) is 23.4 Å². The van der Waals surface area contributed by atoms with Gasteiger partial charge in [-0.05, 0) is 152 Å². The van der Waals surface area contributed by atoms with Crippen LogP contribution in [0.3, 0.4) is 0 Å². The number of halogens is 1. The molecule has 2 N–H and O–H groups in total. The van der Waals surface area contributed by atoms with Gasteiger partial charge in [-0.1, -0.05) is 41.9 Å². The van der Waals surface area contributed by atoms with E-state index in [4.69, 9.17) is 25.8 Å². The van der Waals surface area contributed by atoms with Crippen LogP contribution in [-0.4, -0.2) is 74.7 Å². The number of carboxylic acid groups (broad SMARTS) is 1. The fourth-order valence-electron chi connectivity index (χ4n) is 9.92. The highest BCUT2D eigenvalue weighted by molar-refractivity contribution is 7.89. The maximum Gasteiger partial charge on any atom is 0.335 e. The summed E-state index contributed by atoms with van der Waals surface area (Å²) in [5.74, 6) is 1.99. The van der Waals surface area contributed by atoms with Crippen LogP contribution < -0.4 is 19.1 Å². The largest absolute Gasteiger partial charge is 0.497 e. The van der Waals surface area contributed by atoms with Crippen LogP contribution in [0.25, 0.3) is 0 Å². The molecule has 1 spiro atoms. The van der Waals surface area contributed by atoms with Gasteiger partial charge in [0, 0.05) is 36.6 Å². The van der Waals surface area contributed by atoms with Gasteiger partial charge in [0.15, 0.2) is 0 Å². The summed E-state index contributed by atoms with van der Waals surface area (Å²) < 4.78 is 46.6. The third kappa shape index (κ3) is 9.09. The zero-order valence-corrected chi connectivity index (χ0v) is 35.5. The van der Waals surface area contributed by atoms with Gasteiger partial charge in [-0.25, -0.2) is 13.2 Å². The zero-order chi connectivity index (χ0) is 41.3. The predicted octanol–water partition coefficient (Wildman–Crippen LogP) is 8.36. The summed E-state index contributed by atoms with van der Waals surface area (Å²) in [5.41, 5.74) is 5.00. The second-order valence-corrected chi connectivity index (χ2v) is 19.7. The van der Waals surface area contributed by atoms with Crippen molar-refractivity contribution < 1.29 is 37.6 Å². The fourth-order valence-corrected chi connectivity index (χ4v) is 11.6. The number of rotatable bonds is 16. The predicted molar refractivity (Wildman–Crippen MR) is 229 cm³/mol. The number of fused-ring (bicyclic) bond motifs is 3. The van der Waals surface area contributed by atoms with Gasteiger partial charge >= 0.3 is 5.97 Å². The van der Waals surface area contributed by atoms with Crippen LogP contribution >= 0.6 is 11.6 Å². The second-order valence-electron chi connectivity index (χ2n) is 17.2. The van der Waals surface area contributed by atoms with Gasteiger partial charge in [-0.15, -0.1) is 0 Å². The lowest BCUT2D eigenvalue weighted by atomic mass is 9.68. The maximum absolute atomic E-state index is 13.9. The topological polar surface area (TPSA) is 126 Å². The molecule has 0 aromatic heterocycles. The van der Waals surface area contributed by atoms with E-state index in [1.165, 1.54) is 11.1 Å². The number of aliphatic hydroxyl groups excluding tert-OH is 1. The number of methoxy groups -OCH3 is 2. The van der Waals surface area contributed by atoms with Crippen molar-refractivity contribution in [3.63, 3.8) is 0 Å². The molecule has 2 fully saturated rings. The summed E-state index contributed by atoms with van der Waals surface area (Å²) in [5, 5.41) is 22.5. The van der Waals surface area contributed by atoms with Crippen LogP contribution in [0.15, 0.2) is 84.9 Å². The van der Waals surface area contributed by atoms with E-state index in [0.717, 1.165) is 66.8 Å². The Hall–Kier alpha value is -4.29. The van der Waals surface area contributed by atoms with E-state index in [1.807, 2.05) is 54.6 Å². The number of carboxylic acids is 1. The first kappa shape index (κ1) is 41.4. The van der Waals surface area contributed by atoms with Crippen LogP contribution in [0.4, 0.5) is 5.69 Å². The van der Waals surface area contributed by atoms with Crippen LogP contribution in [0.2, 0.25) is 5.02 Å². The third-order valence-corrected chi connectivity index (χ3v) is 15.6. The smallest absolute Gasteiger partial charge is 0.335 e. The van der Waals surface area contributed by atoms with Crippen molar-refractivity contribution in [1.82, 2.24) is 4.31 Å². The van der Waals surface area contributed by atoms with Crippen molar-refractivity contribution in [3.05, 3.63) is 118 Å². The van der Waals surface area contributed by atoms with Crippen molar-refractivity contribution in [1.29, 1.82) is 0 Å². The highest BCUT2D eigenvalue weighted by Crippen LogP contribution is 2.52. The first-order valence-electron chi connectivity index (χ1n) is 20.9. The molecule has 0 amide bonds. The van der Waals surface area contributed by atoms with Crippen molar-refractivity contribution in [3.8, 4) is 17.2 Å². The van der Waals surface area contributed by atoms with Crippen molar-refractivity contribution in [2.75, 3.05) is 44.6 Å². The van der Waals surface area contributed by atoms with Crippen molar-refractivity contribution in [2.24, 2.45) is 23.7 Å². The van der Waals surface area contributed by atoms with Crippen LogP contribution in [0, 0.1) is 23.7 Å². The highest BCUT2D eigenvalue weighted by atomic mass is 35.5. The summed E-state index contributed by atoms with van der Waals surface area (Å²) in [4.78, 5) is 14.5. The Balaban J connectivity index is 0.917. The van der Waals surface area contributed by atoms with Gasteiger partial charge in [-0.2, -0.15) is 4.31 Å². The zero-order valence-electron chi connectivity index (χ0n) is 33.9. The summed E-state index contributed by atoms with van der Waals surface area (Å²) >= 11 is 6.44. The highest BCUT2D eigenvalue weighted by Gasteiger charge is 2.50. The Morgan fingerprint density at radius 3 is 2.25 bits per heavy atom. The molecule has 0 unspecified atom stereocenters. The summed E-state index contributed by atoms with van der Waals surface area (Å²) in [6, 6.07) is 26.3. The average Bonchev–Trinajstić information content (AvgIpc) is 4.02. The van der Waals surface area contributed by atoms with Gasteiger partial charge in [0.1, 0.15) is 17.2 Å². The summed E-state index contributed by atoms with van der Waals surface area (Å²) in [6.07, 6.45) is 6.57. The molecule has 1 aliphatic heterocycles. The molecule has 8 rings (SSSR count). The normalized spacial score (nSPS) is 24.0. The average molecular weight is 843 g/mol. The fraction of sp³-hybridized carbons (Fsp3) is 0.468. The number of ether oxygens (including phenoxy) is 3.